The molecule has 2 N–H and O–H groups in total. The Morgan fingerprint density at radius 1 is 1.11 bits per heavy atom. The van der Waals surface area contributed by atoms with E-state index in [1.54, 1.807) is 13.2 Å². The van der Waals surface area contributed by atoms with Crippen LogP contribution in [-0.2, 0) is 0 Å². The summed E-state index contributed by atoms with van der Waals surface area (Å²) in [5, 5.41) is 0.668. The van der Waals surface area contributed by atoms with Crippen molar-refractivity contribution in [2.45, 2.75) is 13.8 Å². The predicted molar refractivity (Wildman–Crippen MR) is 77.3 cm³/mol. The number of halogens is 1. The van der Waals surface area contributed by atoms with Crippen LogP contribution in [0.4, 0.5) is 5.69 Å². The lowest BCUT2D eigenvalue weighted by molar-refractivity contribution is 0.416. The molecular formula is C15H16ClNO. The monoisotopic (exact) mass is 261 g/mol. The van der Waals surface area contributed by atoms with Gasteiger partial charge in [-0.3, -0.25) is 0 Å². The van der Waals surface area contributed by atoms with Crippen LogP contribution in [0.5, 0.6) is 5.75 Å². The summed E-state index contributed by atoms with van der Waals surface area (Å²) in [4.78, 5) is 0. The number of hydrogen-bond acceptors (Lipinski definition) is 2. The van der Waals surface area contributed by atoms with Crippen LogP contribution in [0.2, 0.25) is 5.02 Å². The number of nitrogens with two attached hydrogens (primary N) is 1. The van der Waals surface area contributed by atoms with E-state index in [-0.39, 0.29) is 0 Å². The molecule has 0 fully saturated rings. The Hall–Kier alpha value is -1.67. The summed E-state index contributed by atoms with van der Waals surface area (Å²) in [6.45, 7) is 4.09. The molecule has 0 aliphatic heterocycles. The lowest BCUT2D eigenvalue weighted by Gasteiger charge is -2.15. The third kappa shape index (κ3) is 2.29. The summed E-state index contributed by atoms with van der Waals surface area (Å²) in [7, 11) is 1.67. The molecule has 0 aliphatic carbocycles. The SMILES string of the molecule is COc1cc(C)cc(C)c1-c1cc(Cl)ccc1N. The van der Waals surface area contributed by atoms with Crippen molar-refractivity contribution in [3.8, 4) is 16.9 Å². The minimum absolute atomic E-state index is 0.668. The summed E-state index contributed by atoms with van der Waals surface area (Å²) in [5.74, 6) is 0.821. The average molecular weight is 262 g/mol. The maximum atomic E-state index is 6.05. The van der Waals surface area contributed by atoms with Gasteiger partial charge in [-0.25, -0.2) is 0 Å². The summed E-state index contributed by atoms with van der Waals surface area (Å²) >= 11 is 6.05. The Balaban J connectivity index is 2.74. The molecular weight excluding hydrogens is 246 g/mol. The topological polar surface area (TPSA) is 35.2 Å². The second-order valence-corrected chi connectivity index (χ2v) is 4.83. The van der Waals surface area contributed by atoms with Gasteiger partial charge in [0.15, 0.2) is 0 Å². The minimum atomic E-state index is 0.668. The van der Waals surface area contributed by atoms with Gasteiger partial charge in [0.1, 0.15) is 5.75 Å². The number of aryl methyl sites for hydroxylation is 2. The average Bonchev–Trinajstić information content (AvgIpc) is 2.32. The Kier molecular flexibility index (Phi) is 3.48. The zero-order valence-electron chi connectivity index (χ0n) is 10.8. The van der Waals surface area contributed by atoms with Crippen molar-refractivity contribution in [1.82, 2.24) is 0 Å². The standard InChI is InChI=1S/C15H16ClNO/c1-9-6-10(2)15(14(7-9)18-3)12-8-11(16)4-5-13(12)17/h4-8H,17H2,1-3H3. The molecule has 0 radical (unpaired) electrons. The van der Waals surface area contributed by atoms with E-state index in [1.165, 1.54) is 0 Å². The molecule has 94 valence electrons. The molecule has 0 spiro atoms. The maximum Gasteiger partial charge on any atom is 0.127 e. The van der Waals surface area contributed by atoms with Gasteiger partial charge < -0.3 is 10.5 Å². The zero-order valence-corrected chi connectivity index (χ0v) is 11.5. The smallest absolute Gasteiger partial charge is 0.127 e. The Morgan fingerprint density at radius 3 is 2.50 bits per heavy atom. The number of nitrogen functional groups attached to an aromatic ring is 1. The van der Waals surface area contributed by atoms with Crippen LogP contribution < -0.4 is 10.5 Å². The highest BCUT2D eigenvalue weighted by Crippen LogP contribution is 2.38. The second kappa shape index (κ2) is 4.91. The van der Waals surface area contributed by atoms with Crippen LogP contribution in [0.15, 0.2) is 30.3 Å². The Bertz CT molecular complexity index is 593. The van der Waals surface area contributed by atoms with Gasteiger partial charge in [0, 0.05) is 21.8 Å². The molecule has 0 aliphatic rings. The lowest BCUT2D eigenvalue weighted by Crippen LogP contribution is -1.96. The fraction of sp³-hybridized carbons (Fsp3) is 0.200. The molecule has 3 heteroatoms. The summed E-state index contributed by atoms with van der Waals surface area (Å²) in [5.41, 5.74) is 10.9. The van der Waals surface area contributed by atoms with Gasteiger partial charge in [-0.2, -0.15) is 0 Å². The highest BCUT2D eigenvalue weighted by molar-refractivity contribution is 6.31. The molecule has 0 saturated carbocycles. The van der Waals surface area contributed by atoms with E-state index >= 15 is 0 Å². The van der Waals surface area contributed by atoms with Gasteiger partial charge in [-0.15, -0.1) is 0 Å². The highest BCUT2D eigenvalue weighted by Gasteiger charge is 2.13. The summed E-state index contributed by atoms with van der Waals surface area (Å²) < 4.78 is 5.46. The first-order chi connectivity index (χ1) is 8.52. The van der Waals surface area contributed by atoms with Gasteiger partial charge in [-0.05, 0) is 49.2 Å². The van der Waals surface area contributed by atoms with Gasteiger partial charge in [0.2, 0.25) is 0 Å². The van der Waals surface area contributed by atoms with Gasteiger partial charge in [0.05, 0.1) is 7.11 Å². The first-order valence-electron chi connectivity index (χ1n) is 5.73. The van der Waals surface area contributed by atoms with Crippen molar-refractivity contribution < 1.29 is 4.74 Å². The van der Waals surface area contributed by atoms with Gasteiger partial charge >= 0.3 is 0 Å². The van der Waals surface area contributed by atoms with Crippen molar-refractivity contribution >= 4 is 17.3 Å². The van der Waals surface area contributed by atoms with Crippen molar-refractivity contribution in [3.63, 3.8) is 0 Å². The second-order valence-electron chi connectivity index (χ2n) is 4.39. The van der Waals surface area contributed by atoms with Crippen LogP contribution in [0.1, 0.15) is 11.1 Å². The molecule has 0 aromatic heterocycles. The van der Waals surface area contributed by atoms with E-state index in [0.29, 0.717) is 10.7 Å². The quantitative estimate of drug-likeness (QED) is 0.822. The van der Waals surface area contributed by atoms with E-state index in [4.69, 9.17) is 22.1 Å². The molecule has 2 nitrogen and oxygen atoms in total. The molecule has 0 saturated heterocycles. The van der Waals surface area contributed by atoms with Crippen LogP contribution >= 0.6 is 11.6 Å². The first kappa shape index (κ1) is 12.8. The van der Waals surface area contributed by atoms with Crippen molar-refractivity contribution in [2.24, 2.45) is 0 Å². The number of benzene rings is 2. The molecule has 18 heavy (non-hydrogen) atoms. The fourth-order valence-corrected chi connectivity index (χ4v) is 2.35. The Labute approximate surface area is 112 Å². The molecule has 2 rings (SSSR count). The Morgan fingerprint density at radius 2 is 1.83 bits per heavy atom. The van der Waals surface area contributed by atoms with E-state index < -0.39 is 0 Å². The molecule has 0 amide bonds. The number of ether oxygens (including phenoxy) is 1. The molecule has 2 aromatic rings. The van der Waals surface area contributed by atoms with Crippen LogP contribution in [-0.4, -0.2) is 7.11 Å². The molecule has 2 aromatic carbocycles. The molecule has 0 atom stereocenters. The van der Waals surface area contributed by atoms with E-state index in [9.17, 15) is 0 Å². The van der Waals surface area contributed by atoms with Crippen molar-refractivity contribution in [2.75, 3.05) is 12.8 Å². The van der Waals surface area contributed by atoms with Crippen molar-refractivity contribution in [1.29, 1.82) is 0 Å². The summed E-state index contributed by atoms with van der Waals surface area (Å²) in [6.07, 6.45) is 0. The van der Waals surface area contributed by atoms with Crippen LogP contribution in [0.25, 0.3) is 11.1 Å². The van der Waals surface area contributed by atoms with Crippen molar-refractivity contribution in [3.05, 3.63) is 46.5 Å². The van der Waals surface area contributed by atoms with Crippen LogP contribution in [0, 0.1) is 13.8 Å². The molecule has 0 unspecified atom stereocenters. The van der Waals surface area contributed by atoms with E-state index in [1.807, 2.05) is 32.0 Å². The maximum absolute atomic E-state index is 6.05. The van der Waals surface area contributed by atoms with Gasteiger partial charge in [0.25, 0.3) is 0 Å². The zero-order chi connectivity index (χ0) is 13.3. The summed E-state index contributed by atoms with van der Waals surface area (Å²) in [6, 6.07) is 9.59. The lowest BCUT2D eigenvalue weighted by atomic mass is 9.96. The third-order valence-corrected chi connectivity index (χ3v) is 3.18. The number of anilines is 1. The number of hydrogen-bond donors (Lipinski definition) is 1. The first-order valence-corrected chi connectivity index (χ1v) is 6.11. The van der Waals surface area contributed by atoms with Gasteiger partial charge in [-0.1, -0.05) is 17.7 Å². The normalized spacial score (nSPS) is 10.4. The largest absolute Gasteiger partial charge is 0.496 e. The molecule has 0 bridgehead atoms. The van der Waals surface area contributed by atoms with E-state index in [2.05, 4.69) is 6.07 Å². The number of rotatable bonds is 2. The highest BCUT2D eigenvalue weighted by atomic mass is 35.5. The molecule has 0 heterocycles. The van der Waals surface area contributed by atoms with Crippen LogP contribution in [0.3, 0.4) is 0 Å². The predicted octanol–water partition coefficient (Wildman–Crippen LogP) is 4.21. The van der Waals surface area contributed by atoms with E-state index in [0.717, 1.165) is 28.0 Å². The number of methoxy groups -OCH3 is 1. The fourth-order valence-electron chi connectivity index (χ4n) is 2.18. The minimum Gasteiger partial charge on any atom is -0.496 e. The third-order valence-electron chi connectivity index (χ3n) is 2.95.